The van der Waals surface area contributed by atoms with Crippen molar-refractivity contribution in [3.8, 4) is 0 Å². The summed E-state index contributed by atoms with van der Waals surface area (Å²) in [5.41, 5.74) is 6.88. The number of rotatable bonds is 4. The third-order valence-corrected chi connectivity index (χ3v) is 3.65. The number of amides is 1. The Morgan fingerprint density at radius 1 is 1.40 bits per heavy atom. The predicted octanol–water partition coefficient (Wildman–Crippen LogP) is 1.53. The van der Waals surface area contributed by atoms with Crippen LogP contribution in [0.2, 0.25) is 0 Å². The Morgan fingerprint density at radius 2 is 2.10 bits per heavy atom. The highest BCUT2D eigenvalue weighted by molar-refractivity contribution is 7.80. The molecule has 6 heteroatoms. The van der Waals surface area contributed by atoms with E-state index in [1.54, 1.807) is 12.3 Å². The van der Waals surface area contributed by atoms with Gasteiger partial charge in [-0.2, -0.15) is 0 Å². The summed E-state index contributed by atoms with van der Waals surface area (Å²) in [6.45, 7) is 3.60. The molecule has 1 aliphatic rings. The molecule has 1 unspecified atom stereocenters. The molecular weight excluding hydrogens is 272 g/mol. The normalized spacial score (nSPS) is 16.6. The molecule has 1 atom stereocenters. The Balaban J connectivity index is 1.94. The zero-order valence-electron chi connectivity index (χ0n) is 11.6. The third-order valence-electron chi connectivity index (χ3n) is 3.44. The summed E-state index contributed by atoms with van der Waals surface area (Å²) in [4.78, 5) is 18.6. The molecular formula is C14H20N4OS. The van der Waals surface area contributed by atoms with Crippen molar-refractivity contribution < 1.29 is 4.79 Å². The van der Waals surface area contributed by atoms with E-state index in [1.165, 1.54) is 6.42 Å². The summed E-state index contributed by atoms with van der Waals surface area (Å²) >= 11 is 4.85. The Kier molecular flexibility index (Phi) is 4.89. The van der Waals surface area contributed by atoms with E-state index in [0.29, 0.717) is 5.69 Å². The first-order valence-corrected chi connectivity index (χ1v) is 7.30. The molecule has 108 valence electrons. The number of aromatic nitrogens is 1. The van der Waals surface area contributed by atoms with Crippen LogP contribution in [-0.2, 0) is 4.79 Å². The molecule has 0 spiro atoms. The maximum Gasteiger partial charge on any atom is 0.244 e. The molecule has 3 N–H and O–H groups in total. The van der Waals surface area contributed by atoms with Gasteiger partial charge < -0.3 is 16.0 Å². The van der Waals surface area contributed by atoms with Crippen LogP contribution < -0.4 is 11.1 Å². The number of hydrogen-bond acceptors (Lipinski definition) is 4. The summed E-state index contributed by atoms with van der Waals surface area (Å²) in [5.74, 6) is 0.142. The van der Waals surface area contributed by atoms with Gasteiger partial charge in [0.1, 0.15) is 11.0 Å². The second kappa shape index (κ2) is 6.65. The Labute approximate surface area is 124 Å². The lowest BCUT2D eigenvalue weighted by atomic mass is 10.1. The highest BCUT2D eigenvalue weighted by Gasteiger charge is 2.21. The van der Waals surface area contributed by atoms with Crippen molar-refractivity contribution >= 4 is 28.8 Å². The number of nitrogens with zero attached hydrogens (tertiary/aromatic N) is 2. The lowest BCUT2D eigenvalue weighted by molar-refractivity contribution is -0.132. The fourth-order valence-electron chi connectivity index (χ4n) is 2.32. The Morgan fingerprint density at radius 3 is 2.65 bits per heavy atom. The van der Waals surface area contributed by atoms with Gasteiger partial charge in [-0.3, -0.25) is 9.78 Å². The van der Waals surface area contributed by atoms with Crippen LogP contribution in [0.5, 0.6) is 0 Å². The zero-order chi connectivity index (χ0) is 14.5. The molecule has 1 aromatic heterocycles. The van der Waals surface area contributed by atoms with Crippen LogP contribution >= 0.6 is 12.2 Å². The van der Waals surface area contributed by atoms with E-state index in [-0.39, 0.29) is 16.9 Å². The van der Waals surface area contributed by atoms with Crippen molar-refractivity contribution in [3.63, 3.8) is 0 Å². The summed E-state index contributed by atoms with van der Waals surface area (Å²) in [6, 6.07) is 3.33. The fraction of sp³-hybridized carbons (Fsp3) is 0.500. The van der Waals surface area contributed by atoms with Crippen LogP contribution in [0, 0.1) is 0 Å². The monoisotopic (exact) mass is 292 g/mol. The van der Waals surface area contributed by atoms with Gasteiger partial charge in [-0.1, -0.05) is 12.2 Å². The number of thiocarbonyl (C=S) groups is 1. The molecule has 0 aliphatic carbocycles. The van der Waals surface area contributed by atoms with Gasteiger partial charge >= 0.3 is 0 Å². The molecule has 0 radical (unpaired) electrons. The Bertz CT molecular complexity index is 482. The number of nitrogens with one attached hydrogen (secondary N) is 1. The van der Waals surface area contributed by atoms with Crippen LogP contribution in [0.15, 0.2) is 18.3 Å². The number of carbonyl (C=O) groups is 1. The minimum Gasteiger partial charge on any atom is -0.388 e. The van der Waals surface area contributed by atoms with Crippen molar-refractivity contribution in [1.29, 1.82) is 0 Å². The molecule has 1 fully saturated rings. The van der Waals surface area contributed by atoms with E-state index in [1.807, 2.05) is 17.9 Å². The average Bonchev–Trinajstić information content (AvgIpc) is 2.48. The van der Waals surface area contributed by atoms with Gasteiger partial charge in [0.2, 0.25) is 5.91 Å². The van der Waals surface area contributed by atoms with Gasteiger partial charge in [-0.05, 0) is 38.3 Å². The minimum absolute atomic E-state index is 0.142. The average molecular weight is 292 g/mol. The first kappa shape index (κ1) is 14.7. The van der Waals surface area contributed by atoms with Crippen LogP contribution in [0.3, 0.4) is 0 Å². The van der Waals surface area contributed by atoms with Gasteiger partial charge in [0.15, 0.2) is 0 Å². The van der Waals surface area contributed by atoms with Gasteiger partial charge in [-0.25, -0.2) is 0 Å². The molecule has 1 saturated heterocycles. The van der Waals surface area contributed by atoms with Crippen LogP contribution in [0.4, 0.5) is 5.69 Å². The first-order valence-electron chi connectivity index (χ1n) is 6.89. The molecule has 0 saturated carbocycles. The molecule has 1 aliphatic heterocycles. The van der Waals surface area contributed by atoms with Crippen molar-refractivity contribution in [2.24, 2.45) is 5.73 Å². The molecule has 0 bridgehead atoms. The largest absolute Gasteiger partial charge is 0.388 e. The van der Waals surface area contributed by atoms with E-state index in [2.05, 4.69) is 10.3 Å². The van der Waals surface area contributed by atoms with E-state index in [4.69, 9.17) is 18.0 Å². The van der Waals surface area contributed by atoms with Crippen LogP contribution in [0.25, 0.3) is 0 Å². The quantitative estimate of drug-likeness (QED) is 0.824. The number of piperidine rings is 1. The molecule has 2 heterocycles. The number of nitrogens with two attached hydrogens (primary N) is 1. The van der Waals surface area contributed by atoms with Crippen LogP contribution in [-0.4, -0.2) is 39.9 Å². The third kappa shape index (κ3) is 3.66. The van der Waals surface area contributed by atoms with E-state index in [9.17, 15) is 4.79 Å². The van der Waals surface area contributed by atoms with Gasteiger partial charge in [0.05, 0.1) is 17.6 Å². The number of hydrogen-bond donors (Lipinski definition) is 2. The van der Waals surface area contributed by atoms with E-state index in [0.717, 1.165) is 31.6 Å². The lowest BCUT2D eigenvalue weighted by Gasteiger charge is -2.29. The van der Waals surface area contributed by atoms with Gasteiger partial charge in [0.25, 0.3) is 0 Å². The molecule has 5 nitrogen and oxygen atoms in total. The topological polar surface area (TPSA) is 71.2 Å². The number of anilines is 1. The number of pyridine rings is 1. The van der Waals surface area contributed by atoms with Crippen molar-refractivity contribution in [1.82, 2.24) is 9.88 Å². The van der Waals surface area contributed by atoms with Gasteiger partial charge in [-0.15, -0.1) is 0 Å². The number of carbonyl (C=O) groups excluding carboxylic acids is 1. The Hall–Kier alpha value is -1.69. The molecule has 1 aromatic rings. The summed E-state index contributed by atoms with van der Waals surface area (Å²) in [6.07, 6.45) is 5.07. The highest BCUT2D eigenvalue weighted by Crippen LogP contribution is 2.13. The first-order chi connectivity index (χ1) is 9.58. The predicted molar refractivity (Wildman–Crippen MR) is 83.6 cm³/mol. The summed E-state index contributed by atoms with van der Waals surface area (Å²) in [5, 5.41) is 3.17. The molecule has 20 heavy (non-hydrogen) atoms. The molecule has 1 amide bonds. The van der Waals surface area contributed by atoms with Crippen LogP contribution in [0.1, 0.15) is 31.9 Å². The van der Waals surface area contributed by atoms with Crippen molar-refractivity contribution in [2.45, 2.75) is 32.2 Å². The maximum atomic E-state index is 12.3. The standard InChI is InChI=1S/C14H20N4OS/c1-10(14(19)18-7-3-2-4-8-18)17-11-5-6-12(13(15)20)16-9-11/h5-6,9-10,17H,2-4,7-8H2,1H3,(H2,15,20). The highest BCUT2D eigenvalue weighted by atomic mass is 32.1. The SMILES string of the molecule is CC(Nc1ccc(C(N)=S)nc1)C(=O)N1CCCCC1. The van der Waals surface area contributed by atoms with E-state index < -0.39 is 0 Å². The number of likely N-dealkylation sites (tertiary alicyclic amines) is 1. The van der Waals surface area contributed by atoms with Crippen molar-refractivity contribution in [2.75, 3.05) is 18.4 Å². The van der Waals surface area contributed by atoms with Gasteiger partial charge in [0, 0.05) is 13.1 Å². The molecule has 0 aromatic carbocycles. The molecule has 2 rings (SSSR count). The zero-order valence-corrected chi connectivity index (χ0v) is 12.4. The second-order valence-corrected chi connectivity index (χ2v) is 5.49. The minimum atomic E-state index is -0.259. The fourth-order valence-corrected chi connectivity index (χ4v) is 2.45. The van der Waals surface area contributed by atoms with E-state index >= 15 is 0 Å². The summed E-state index contributed by atoms with van der Waals surface area (Å²) < 4.78 is 0. The summed E-state index contributed by atoms with van der Waals surface area (Å²) in [7, 11) is 0. The smallest absolute Gasteiger partial charge is 0.244 e. The maximum absolute atomic E-state index is 12.3. The second-order valence-electron chi connectivity index (χ2n) is 5.05. The van der Waals surface area contributed by atoms with Crippen molar-refractivity contribution in [3.05, 3.63) is 24.0 Å². The lowest BCUT2D eigenvalue weighted by Crippen LogP contribution is -2.43.